The van der Waals surface area contributed by atoms with Gasteiger partial charge in [0.25, 0.3) is 0 Å². The van der Waals surface area contributed by atoms with Crippen molar-refractivity contribution in [1.82, 2.24) is 14.8 Å². The van der Waals surface area contributed by atoms with Crippen molar-refractivity contribution >= 4 is 16.3 Å². The molecule has 0 saturated heterocycles. The highest BCUT2D eigenvalue weighted by Gasteiger charge is 2.10. The van der Waals surface area contributed by atoms with E-state index in [1.165, 1.54) is 11.3 Å². The van der Waals surface area contributed by atoms with Gasteiger partial charge in [-0.3, -0.25) is 0 Å². The molecule has 0 aliphatic heterocycles. The Balaban J connectivity index is 2.51. The number of aromatic nitrogens is 3. The number of thiophene rings is 1. The fourth-order valence-corrected chi connectivity index (χ4v) is 2.18. The Morgan fingerprint density at radius 3 is 2.79 bits per heavy atom. The quantitative estimate of drug-likeness (QED) is 0.820. The second-order valence-corrected chi connectivity index (χ2v) is 4.13. The van der Waals surface area contributed by atoms with Crippen molar-refractivity contribution in [3.05, 3.63) is 18.0 Å². The zero-order valence-electron chi connectivity index (χ0n) is 8.19. The second kappa shape index (κ2) is 3.42. The summed E-state index contributed by atoms with van der Waals surface area (Å²) in [7, 11) is 0. The minimum Gasteiger partial charge on any atom is -0.391 e. The van der Waals surface area contributed by atoms with Crippen LogP contribution in [0.3, 0.4) is 0 Å². The van der Waals surface area contributed by atoms with Crippen LogP contribution in [-0.4, -0.2) is 14.8 Å². The summed E-state index contributed by atoms with van der Waals surface area (Å²) < 4.78 is 2.07. The zero-order chi connectivity index (χ0) is 10.1. The molecule has 0 saturated carbocycles. The second-order valence-electron chi connectivity index (χ2n) is 3.02. The number of hydrogen-bond acceptors (Lipinski definition) is 4. The molecule has 0 amide bonds. The Labute approximate surface area is 86.4 Å². The van der Waals surface area contributed by atoms with Crippen molar-refractivity contribution in [2.75, 3.05) is 5.73 Å². The summed E-state index contributed by atoms with van der Waals surface area (Å²) in [4.78, 5) is 1.07. The number of hydrogen-bond donors (Lipinski definition) is 1. The molecule has 2 aromatic rings. The smallest absolute Gasteiger partial charge is 0.174 e. The van der Waals surface area contributed by atoms with Crippen LogP contribution in [0.15, 0.2) is 12.1 Å². The molecule has 0 atom stereocenters. The van der Waals surface area contributed by atoms with Crippen LogP contribution in [-0.2, 0) is 6.54 Å². The Hall–Kier alpha value is -1.36. The van der Waals surface area contributed by atoms with E-state index in [0.717, 1.165) is 28.1 Å². The lowest BCUT2D eigenvalue weighted by atomic mass is 10.4. The van der Waals surface area contributed by atoms with Gasteiger partial charge in [-0.1, -0.05) is 0 Å². The molecule has 5 heteroatoms. The molecule has 0 aromatic carbocycles. The van der Waals surface area contributed by atoms with Crippen molar-refractivity contribution in [2.45, 2.75) is 20.4 Å². The number of aryl methyl sites for hydroxylation is 1. The van der Waals surface area contributed by atoms with Crippen LogP contribution in [0.5, 0.6) is 0 Å². The SMILES string of the molecule is CCn1c(C)nnc1-c1ccc(N)s1. The maximum Gasteiger partial charge on any atom is 0.174 e. The Kier molecular flexibility index (Phi) is 2.25. The first-order valence-electron chi connectivity index (χ1n) is 4.48. The van der Waals surface area contributed by atoms with Crippen LogP contribution in [0.2, 0.25) is 0 Å². The normalized spacial score (nSPS) is 10.7. The molecule has 0 aliphatic carbocycles. The lowest BCUT2D eigenvalue weighted by molar-refractivity contribution is 0.738. The number of anilines is 1. The van der Waals surface area contributed by atoms with Crippen molar-refractivity contribution in [3.63, 3.8) is 0 Å². The summed E-state index contributed by atoms with van der Waals surface area (Å²) in [6.45, 7) is 4.92. The summed E-state index contributed by atoms with van der Waals surface area (Å²) in [5.74, 6) is 1.85. The molecule has 14 heavy (non-hydrogen) atoms. The van der Waals surface area contributed by atoms with Gasteiger partial charge in [-0.25, -0.2) is 0 Å². The van der Waals surface area contributed by atoms with Crippen molar-refractivity contribution in [1.29, 1.82) is 0 Å². The molecule has 0 radical (unpaired) electrons. The molecule has 0 fully saturated rings. The first-order valence-corrected chi connectivity index (χ1v) is 5.29. The number of nitrogens with two attached hydrogens (primary N) is 1. The van der Waals surface area contributed by atoms with Crippen LogP contribution in [0.1, 0.15) is 12.7 Å². The van der Waals surface area contributed by atoms with Gasteiger partial charge in [0.15, 0.2) is 5.82 Å². The molecule has 0 spiro atoms. The summed E-state index contributed by atoms with van der Waals surface area (Å²) in [5.41, 5.74) is 5.68. The molecular formula is C9H12N4S. The standard InChI is InChI=1S/C9H12N4S/c1-3-13-6(2)11-12-9(13)7-4-5-8(10)14-7/h4-5H,3,10H2,1-2H3. The van der Waals surface area contributed by atoms with Gasteiger partial charge in [0.1, 0.15) is 5.82 Å². The molecule has 2 N–H and O–H groups in total. The molecule has 0 bridgehead atoms. The predicted octanol–water partition coefficient (Wildman–Crippen LogP) is 1.92. The summed E-state index contributed by atoms with van der Waals surface area (Å²) >= 11 is 1.54. The lowest BCUT2D eigenvalue weighted by Gasteiger charge is -2.01. The average Bonchev–Trinajstić information content (AvgIpc) is 2.71. The van der Waals surface area contributed by atoms with Crippen LogP contribution in [0.25, 0.3) is 10.7 Å². The van der Waals surface area contributed by atoms with Gasteiger partial charge in [-0.15, -0.1) is 21.5 Å². The van der Waals surface area contributed by atoms with Gasteiger partial charge in [-0.2, -0.15) is 0 Å². The predicted molar refractivity (Wildman–Crippen MR) is 58.2 cm³/mol. The van der Waals surface area contributed by atoms with Crippen molar-refractivity contribution < 1.29 is 0 Å². The van der Waals surface area contributed by atoms with Crippen LogP contribution < -0.4 is 5.73 Å². The first kappa shape index (κ1) is 9.21. The van der Waals surface area contributed by atoms with Gasteiger partial charge >= 0.3 is 0 Å². The summed E-state index contributed by atoms with van der Waals surface area (Å²) in [5, 5.41) is 9.00. The molecule has 2 heterocycles. The highest BCUT2D eigenvalue weighted by Crippen LogP contribution is 2.28. The molecular weight excluding hydrogens is 196 g/mol. The molecule has 2 aromatic heterocycles. The largest absolute Gasteiger partial charge is 0.391 e. The van der Waals surface area contributed by atoms with Gasteiger partial charge in [0.05, 0.1) is 9.88 Å². The van der Waals surface area contributed by atoms with Crippen molar-refractivity contribution in [3.8, 4) is 10.7 Å². The Bertz CT molecular complexity index is 443. The number of rotatable bonds is 2. The monoisotopic (exact) mass is 208 g/mol. The summed E-state index contributed by atoms with van der Waals surface area (Å²) in [6, 6.07) is 3.87. The highest BCUT2D eigenvalue weighted by atomic mass is 32.1. The maximum atomic E-state index is 5.68. The van der Waals surface area contributed by atoms with E-state index in [1.807, 2.05) is 19.1 Å². The fourth-order valence-electron chi connectivity index (χ4n) is 1.41. The van der Waals surface area contributed by atoms with Crippen LogP contribution in [0, 0.1) is 6.92 Å². The van der Waals surface area contributed by atoms with E-state index in [1.54, 1.807) is 0 Å². The van der Waals surface area contributed by atoms with E-state index in [0.29, 0.717) is 0 Å². The average molecular weight is 208 g/mol. The van der Waals surface area contributed by atoms with E-state index in [-0.39, 0.29) is 0 Å². The Morgan fingerprint density at radius 2 is 2.21 bits per heavy atom. The number of nitrogens with zero attached hydrogens (tertiary/aromatic N) is 3. The van der Waals surface area contributed by atoms with Gasteiger partial charge < -0.3 is 10.3 Å². The van der Waals surface area contributed by atoms with Crippen LogP contribution in [0.4, 0.5) is 5.00 Å². The minimum absolute atomic E-state index is 0.809. The third kappa shape index (κ3) is 1.39. The van der Waals surface area contributed by atoms with Crippen molar-refractivity contribution in [2.24, 2.45) is 0 Å². The molecule has 4 nitrogen and oxygen atoms in total. The number of nitrogen functional groups attached to an aromatic ring is 1. The topological polar surface area (TPSA) is 56.7 Å². The molecule has 0 aliphatic rings. The van der Waals surface area contributed by atoms with E-state index < -0.39 is 0 Å². The Morgan fingerprint density at radius 1 is 1.43 bits per heavy atom. The minimum atomic E-state index is 0.809. The zero-order valence-corrected chi connectivity index (χ0v) is 9.01. The summed E-state index contributed by atoms with van der Waals surface area (Å²) in [6.07, 6.45) is 0. The fraction of sp³-hybridized carbons (Fsp3) is 0.333. The maximum absolute atomic E-state index is 5.68. The van der Waals surface area contributed by atoms with Crippen LogP contribution >= 0.6 is 11.3 Å². The highest BCUT2D eigenvalue weighted by molar-refractivity contribution is 7.19. The third-order valence-electron chi connectivity index (χ3n) is 2.10. The lowest BCUT2D eigenvalue weighted by Crippen LogP contribution is -1.98. The van der Waals surface area contributed by atoms with Gasteiger partial charge in [-0.05, 0) is 26.0 Å². The first-order chi connectivity index (χ1) is 6.72. The van der Waals surface area contributed by atoms with E-state index in [4.69, 9.17) is 5.73 Å². The van der Waals surface area contributed by atoms with E-state index in [2.05, 4.69) is 21.7 Å². The third-order valence-corrected chi connectivity index (χ3v) is 3.01. The molecule has 2 rings (SSSR count). The van der Waals surface area contributed by atoms with Gasteiger partial charge in [0.2, 0.25) is 0 Å². The molecule has 74 valence electrons. The molecule has 0 unspecified atom stereocenters. The van der Waals surface area contributed by atoms with E-state index in [9.17, 15) is 0 Å². The van der Waals surface area contributed by atoms with E-state index >= 15 is 0 Å². The van der Waals surface area contributed by atoms with Gasteiger partial charge in [0, 0.05) is 6.54 Å².